The summed E-state index contributed by atoms with van der Waals surface area (Å²) in [5, 5.41) is 6.44. The van der Waals surface area contributed by atoms with Crippen LogP contribution in [0.4, 0.5) is 5.69 Å². The lowest BCUT2D eigenvalue weighted by Gasteiger charge is -2.09. The third-order valence-corrected chi connectivity index (χ3v) is 7.11. The van der Waals surface area contributed by atoms with Gasteiger partial charge in [-0.1, -0.05) is 43.6 Å². The van der Waals surface area contributed by atoms with E-state index in [0.29, 0.717) is 28.3 Å². The van der Waals surface area contributed by atoms with Crippen LogP contribution in [0.3, 0.4) is 0 Å². The van der Waals surface area contributed by atoms with Crippen LogP contribution in [-0.2, 0) is 0 Å². The molecular formula is C30H26ClN3O3S. The van der Waals surface area contributed by atoms with Crippen LogP contribution >= 0.6 is 23.8 Å². The molecule has 2 aromatic heterocycles. The maximum absolute atomic E-state index is 12.6. The smallest absolute Gasteiger partial charge is 0.293 e. The van der Waals surface area contributed by atoms with E-state index in [4.69, 9.17) is 32.7 Å². The molecule has 0 saturated carbocycles. The molecule has 1 amide bonds. The number of hydrogen-bond acceptors (Lipinski definition) is 5. The number of carbonyl (C=O) groups excluding carboxylic acids is 1. The maximum Gasteiger partial charge on any atom is 0.293 e. The van der Waals surface area contributed by atoms with Gasteiger partial charge in [-0.15, -0.1) is 0 Å². The lowest BCUT2D eigenvalue weighted by molar-refractivity contribution is 0.0951. The number of aryl methyl sites for hydroxylation is 1. The van der Waals surface area contributed by atoms with Gasteiger partial charge in [-0.2, -0.15) is 0 Å². The highest BCUT2D eigenvalue weighted by Gasteiger charge is 2.15. The van der Waals surface area contributed by atoms with Crippen molar-refractivity contribution in [1.82, 2.24) is 10.3 Å². The van der Waals surface area contributed by atoms with E-state index in [1.54, 1.807) is 18.2 Å². The number of fused-ring (bicyclic) bond motifs is 1. The highest BCUT2D eigenvalue weighted by molar-refractivity contribution is 7.80. The second-order valence-electron chi connectivity index (χ2n) is 9.17. The number of halogens is 1. The summed E-state index contributed by atoms with van der Waals surface area (Å²) in [6.45, 7) is 6.30. The predicted molar refractivity (Wildman–Crippen MR) is 156 cm³/mol. The van der Waals surface area contributed by atoms with Crippen LogP contribution in [0.1, 0.15) is 47.9 Å². The van der Waals surface area contributed by atoms with Crippen molar-refractivity contribution in [3.05, 3.63) is 94.7 Å². The standard InChI is InChI=1S/C30H26ClN3O3S/c1-4-17(2)20-9-12-26-24(16-20)33-29(37-26)19-7-10-22(11-8-19)32-30(38)34-28(35)27-14-13-25(36-27)21-6-5-18(3)23(31)15-21/h5-17H,4H2,1-3H3,(H2,32,34,35,38). The Balaban J connectivity index is 1.22. The van der Waals surface area contributed by atoms with Crippen molar-refractivity contribution >= 4 is 51.6 Å². The molecule has 5 rings (SSSR count). The van der Waals surface area contributed by atoms with Gasteiger partial charge in [-0.05, 0) is 97.2 Å². The molecule has 192 valence electrons. The minimum atomic E-state index is -0.452. The zero-order valence-electron chi connectivity index (χ0n) is 21.2. The number of anilines is 1. The van der Waals surface area contributed by atoms with Crippen LogP contribution in [-0.4, -0.2) is 16.0 Å². The van der Waals surface area contributed by atoms with Gasteiger partial charge < -0.3 is 14.2 Å². The molecule has 1 unspecified atom stereocenters. The molecule has 5 aromatic rings. The summed E-state index contributed by atoms with van der Waals surface area (Å²) >= 11 is 11.5. The van der Waals surface area contributed by atoms with Gasteiger partial charge in [0.25, 0.3) is 5.91 Å². The van der Waals surface area contributed by atoms with E-state index in [-0.39, 0.29) is 10.9 Å². The van der Waals surface area contributed by atoms with Crippen LogP contribution in [0.5, 0.6) is 0 Å². The van der Waals surface area contributed by atoms with Gasteiger partial charge in [-0.25, -0.2) is 4.98 Å². The minimum absolute atomic E-state index is 0.142. The number of nitrogens with zero attached hydrogens (tertiary/aromatic N) is 1. The Bertz CT molecular complexity index is 1640. The number of benzene rings is 3. The van der Waals surface area contributed by atoms with Gasteiger partial charge in [0.1, 0.15) is 11.3 Å². The van der Waals surface area contributed by atoms with E-state index in [1.165, 1.54) is 5.56 Å². The normalized spacial score (nSPS) is 11.9. The van der Waals surface area contributed by atoms with Gasteiger partial charge in [0.2, 0.25) is 5.89 Å². The summed E-state index contributed by atoms with van der Waals surface area (Å²) in [5.41, 5.74) is 6.15. The largest absolute Gasteiger partial charge is 0.451 e. The van der Waals surface area contributed by atoms with Crippen molar-refractivity contribution in [1.29, 1.82) is 0 Å². The molecule has 6 nitrogen and oxygen atoms in total. The summed E-state index contributed by atoms with van der Waals surface area (Å²) in [7, 11) is 0. The first-order valence-corrected chi connectivity index (χ1v) is 13.1. The molecule has 0 radical (unpaired) electrons. The van der Waals surface area contributed by atoms with Crippen molar-refractivity contribution in [2.45, 2.75) is 33.1 Å². The molecule has 0 aliphatic heterocycles. The Labute approximate surface area is 231 Å². The van der Waals surface area contributed by atoms with Gasteiger partial charge in [0, 0.05) is 21.8 Å². The first-order valence-electron chi connectivity index (χ1n) is 12.3. The van der Waals surface area contributed by atoms with Crippen LogP contribution in [0.25, 0.3) is 33.9 Å². The molecule has 0 saturated heterocycles. The first kappa shape index (κ1) is 25.7. The van der Waals surface area contributed by atoms with Crippen LogP contribution in [0, 0.1) is 6.92 Å². The van der Waals surface area contributed by atoms with Crippen molar-refractivity contribution in [3.8, 4) is 22.8 Å². The van der Waals surface area contributed by atoms with Gasteiger partial charge in [-0.3, -0.25) is 10.1 Å². The van der Waals surface area contributed by atoms with E-state index in [1.807, 2.05) is 49.4 Å². The topological polar surface area (TPSA) is 80.3 Å². The Morgan fingerprint density at radius 1 is 1.00 bits per heavy atom. The van der Waals surface area contributed by atoms with Crippen LogP contribution in [0.2, 0.25) is 5.02 Å². The van der Waals surface area contributed by atoms with Gasteiger partial charge in [0.15, 0.2) is 16.5 Å². The molecule has 2 N–H and O–H groups in total. The minimum Gasteiger partial charge on any atom is -0.451 e. The Kier molecular flexibility index (Phi) is 7.31. The van der Waals surface area contributed by atoms with E-state index in [0.717, 1.165) is 34.2 Å². The number of amides is 1. The fourth-order valence-electron chi connectivity index (χ4n) is 3.99. The maximum atomic E-state index is 12.6. The molecule has 38 heavy (non-hydrogen) atoms. The predicted octanol–water partition coefficient (Wildman–Crippen LogP) is 8.36. The highest BCUT2D eigenvalue weighted by Crippen LogP contribution is 2.29. The fourth-order valence-corrected chi connectivity index (χ4v) is 4.39. The number of furan rings is 1. The average Bonchev–Trinajstić information content (AvgIpc) is 3.57. The van der Waals surface area contributed by atoms with E-state index >= 15 is 0 Å². The summed E-state index contributed by atoms with van der Waals surface area (Å²) in [5.74, 6) is 1.25. The van der Waals surface area contributed by atoms with E-state index in [2.05, 4.69) is 41.6 Å². The number of carbonyl (C=O) groups is 1. The molecule has 3 aromatic carbocycles. The summed E-state index contributed by atoms with van der Waals surface area (Å²) in [6, 6.07) is 22.5. The number of nitrogens with one attached hydrogen (secondary N) is 2. The molecule has 0 fully saturated rings. The Hall–Kier alpha value is -3.94. The van der Waals surface area contributed by atoms with Crippen molar-refractivity contribution in [2.24, 2.45) is 0 Å². The lowest BCUT2D eigenvalue weighted by Crippen LogP contribution is -2.33. The Morgan fingerprint density at radius 3 is 2.50 bits per heavy atom. The third-order valence-electron chi connectivity index (χ3n) is 6.50. The fraction of sp³-hybridized carbons (Fsp3) is 0.167. The monoisotopic (exact) mass is 543 g/mol. The van der Waals surface area contributed by atoms with Gasteiger partial charge >= 0.3 is 0 Å². The van der Waals surface area contributed by atoms with E-state index < -0.39 is 5.91 Å². The lowest BCUT2D eigenvalue weighted by atomic mass is 9.98. The van der Waals surface area contributed by atoms with Crippen LogP contribution < -0.4 is 10.6 Å². The van der Waals surface area contributed by atoms with Crippen molar-refractivity contribution in [2.75, 3.05) is 5.32 Å². The van der Waals surface area contributed by atoms with Crippen LogP contribution in [0.15, 0.2) is 81.6 Å². The number of hydrogen-bond donors (Lipinski definition) is 2. The third kappa shape index (κ3) is 5.49. The van der Waals surface area contributed by atoms with Gasteiger partial charge in [0.05, 0.1) is 0 Å². The second kappa shape index (κ2) is 10.8. The summed E-state index contributed by atoms with van der Waals surface area (Å²) in [6.07, 6.45) is 1.07. The molecule has 0 bridgehead atoms. The number of thiocarbonyl (C=S) groups is 1. The highest BCUT2D eigenvalue weighted by atomic mass is 35.5. The Morgan fingerprint density at radius 2 is 1.76 bits per heavy atom. The number of aromatic nitrogens is 1. The van der Waals surface area contributed by atoms with E-state index in [9.17, 15) is 4.79 Å². The van der Waals surface area contributed by atoms with Crippen molar-refractivity contribution in [3.63, 3.8) is 0 Å². The molecule has 1 atom stereocenters. The summed E-state index contributed by atoms with van der Waals surface area (Å²) in [4.78, 5) is 17.3. The zero-order valence-corrected chi connectivity index (χ0v) is 22.7. The molecule has 8 heteroatoms. The van der Waals surface area contributed by atoms with Crippen molar-refractivity contribution < 1.29 is 13.6 Å². The molecule has 0 aliphatic rings. The average molecular weight is 544 g/mol. The molecule has 2 heterocycles. The molecular weight excluding hydrogens is 518 g/mol. The quantitative estimate of drug-likeness (QED) is 0.209. The zero-order chi connectivity index (χ0) is 26.8. The first-order chi connectivity index (χ1) is 18.3. The number of oxazole rings is 1. The molecule has 0 spiro atoms. The SMILES string of the molecule is CCC(C)c1ccc2oc(-c3ccc(NC(=S)NC(=O)c4ccc(-c5ccc(C)c(Cl)c5)o4)cc3)nc2c1. The summed E-state index contributed by atoms with van der Waals surface area (Å²) < 4.78 is 11.7. The number of rotatable bonds is 6. The second-order valence-corrected chi connectivity index (χ2v) is 9.98. The molecule has 0 aliphatic carbocycles.